The van der Waals surface area contributed by atoms with Crippen LogP contribution in [0.4, 0.5) is 14.4 Å². The van der Waals surface area contributed by atoms with E-state index in [1.165, 1.54) is 4.90 Å². The number of carbonyl (C=O) groups is 4. The van der Waals surface area contributed by atoms with Gasteiger partial charge >= 0.3 is 18.3 Å². The van der Waals surface area contributed by atoms with Gasteiger partial charge in [-0.2, -0.15) is 0 Å². The first-order valence-corrected chi connectivity index (χ1v) is 14.4. The van der Waals surface area contributed by atoms with Crippen molar-refractivity contribution in [1.29, 1.82) is 0 Å². The summed E-state index contributed by atoms with van der Waals surface area (Å²) < 4.78 is 15.9. The lowest BCUT2D eigenvalue weighted by Gasteiger charge is -2.35. The number of guanidine groups is 1. The van der Waals surface area contributed by atoms with E-state index in [-0.39, 0.29) is 38.2 Å². The van der Waals surface area contributed by atoms with E-state index < -0.39 is 29.9 Å². The van der Waals surface area contributed by atoms with Crippen molar-refractivity contribution in [2.24, 2.45) is 4.99 Å². The second-order valence-corrected chi connectivity index (χ2v) is 10.9. The Morgan fingerprint density at radius 2 is 1.42 bits per heavy atom. The van der Waals surface area contributed by atoms with E-state index in [1.807, 2.05) is 60.7 Å². The predicted octanol–water partition coefficient (Wildman–Crippen LogP) is 4.49. The number of rotatable bonds is 9. The average molecular weight is 596 g/mol. The summed E-state index contributed by atoms with van der Waals surface area (Å²) in [6.45, 7) is 6.31. The fraction of sp³-hybridized carbons (Fsp3) is 0.452. The summed E-state index contributed by atoms with van der Waals surface area (Å²) in [4.78, 5) is 56.1. The molecule has 232 valence electrons. The van der Waals surface area contributed by atoms with E-state index in [4.69, 9.17) is 14.2 Å². The van der Waals surface area contributed by atoms with Crippen LogP contribution in [0.1, 0.15) is 57.6 Å². The highest BCUT2D eigenvalue weighted by Gasteiger charge is 2.34. The smallest absolute Gasteiger partial charge is 0.414 e. The minimum Gasteiger partial charge on any atom is -0.444 e. The Bertz CT molecular complexity index is 1170. The van der Waals surface area contributed by atoms with Gasteiger partial charge in [0.2, 0.25) is 11.9 Å². The number of piperidine rings is 1. The first kappa shape index (κ1) is 32.9. The van der Waals surface area contributed by atoms with Crippen molar-refractivity contribution in [3.63, 3.8) is 0 Å². The second kappa shape index (κ2) is 16.7. The van der Waals surface area contributed by atoms with Crippen molar-refractivity contribution < 1.29 is 33.4 Å². The molecule has 0 bridgehead atoms. The van der Waals surface area contributed by atoms with E-state index >= 15 is 0 Å². The molecule has 12 heteroatoms. The van der Waals surface area contributed by atoms with E-state index in [2.05, 4.69) is 20.9 Å². The van der Waals surface area contributed by atoms with Crippen LogP contribution in [0, 0.1) is 0 Å². The number of hydrogen-bond acceptors (Lipinski definition) is 8. The van der Waals surface area contributed by atoms with Gasteiger partial charge in [-0.15, -0.1) is 0 Å². The van der Waals surface area contributed by atoms with Gasteiger partial charge in [-0.3, -0.25) is 25.3 Å². The molecule has 1 aliphatic rings. The van der Waals surface area contributed by atoms with E-state index in [9.17, 15) is 19.2 Å². The zero-order chi connectivity index (χ0) is 31.1. The molecule has 1 aliphatic heterocycles. The van der Waals surface area contributed by atoms with Crippen LogP contribution in [0.2, 0.25) is 0 Å². The van der Waals surface area contributed by atoms with Gasteiger partial charge in [-0.1, -0.05) is 60.7 Å². The van der Waals surface area contributed by atoms with Crippen LogP contribution in [-0.4, -0.2) is 66.3 Å². The molecule has 1 saturated heterocycles. The van der Waals surface area contributed by atoms with Crippen LogP contribution in [0.5, 0.6) is 0 Å². The summed E-state index contributed by atoms with van der Waals surface area (Å²) in [5.74, 6) is -0.411. The monoisotopic (exact) mass is 595 g/mol. The minimum atomic E-state index is -0.807. The molecule has 0 saturated carbocycles. The van der Waals surface area contributed by atoms with E-state index in [0.29, 0.717) is 19.4 Å². The molecule has 0 radical (unpaired) electrons. The lowest BCUT2D eigenvalue weighted by Crippen LogP contribution is -2.53. The maximum absolute atomic E-state index is 12.9. The molecular formula is C31H41N5O7. The van der Waals surface area contributed by atoms with Crippen molar-refractivity contribution in [2.75, 3.05) is 19.6 Å². The van der Waals surface area contributed by atoms with Crippen LogP contribution < -0.4 is 16.0 Å². The van der Waals surface area contributed by atoms with Crippen molar-refractivity contribution in [3.05, 3.63) is 71.8 Å². The molecule has 2 aromatic carbocycles. The second-order valence-electron chi connectivity index (χ2n) is 10.9. The van der Waals surface area contributed by atoms with Gasteiger partial charge in [0.25, 0.3) is 0 Å². The number of amides is 4. The molecule has 1 heterocycles. The lowest BCUT2D eigenvalue weighted by atomic mass is 10.0. The summed E-state index contributed by atoms with van der Waals surface area (Å²) in [7, 11) is 0. The molecule has 3 rings (SSSR count). The zero-order valence-corrected chi connectivity index (χ0v) is 25.0. The van der Waals surface area contributed by atoms with Gasteiger partial charge in [0.05, 0.1) is 0 Å². The van der Waals surface area contributed by atoms with Crippen LogP contribution in [-0.2, 0) is 32.2 Å². The maximum Gasteiger partial charge on any atom is 0.414 e. The van der Waals surface area contributed by atoms with Gasteiger partial charge < -0.3 is 19.5 Å². The largest absolute Gasteiger partial charge is 0.444 e. The van der Waals surface area contributed by atoms with Gasteiger partial charge in [0.15, 0.2) is 0 Å². The zero-order valence-electron chi connectivity index (χ0n) is 25.0. The normalized spacial score (nSPS) is 14.6. The summed E-state index contributed by atoms with van der Waals surface area (Å²) in [5, 5.41) is 7.72. The maximum atomic E-state index is 12.9. The molecule has 3 N–H and O–H groups in total. The molecule has 0 unspecified atom stereocenters. The van der Waals surface area contributed by atoms with Gasteiger partial charge in [0, 0.05) is 19.6 Å². The van der Waals surface area contributed by atoms with E-state index in [1.54, 1.807) is 20.8 Å². The first-order valence-electron chi connectivity index (χ1n) is 14.4. The first-order chi connectivity index (χ1) is 20.6. The molecule has 43 heavy (non-hydrogen) atoms. The number of nitrogens with one attached hydrogen (secondary N) is 3. The third kappa shape index (κ3) is 12.4. The Labute approximate surface area is 252 Å². The Hall–Kier alpha value is -4.61. The molecule has 0 aliphatic carbocycles. The van der Waals surface area contributed by atoms with Gasteiger partial charge in [-0.05, 0) is 57.6 Å². The molecule has 12 nitrogen and oxygen atoms in total. The molecule has 1 atom stereocenters. The Balaban J connectivity index is 1.52. The number of benzene rings is 2. The quantitative estimate of drug-likeness (QED) is 0.167. The summed E-state index contributed by atoms with van der Waals surface area (Å²) >= 11 is 0. The average Bonchev–Trinajstić information content (AvgIpc) is 2.99. The highest BCUT2D eigenvalue weighted by molar-refractivity contribution is 6.01. The number of carbonyl (C=O) groups excluding carboxylic acids is 4. The van der Waals surface area contributed by atoms with Crippen molar-refractivity contribution in [1.82, 2.24) is 20.9 Å². The van der Waals surface area contributed by atoms with E-state index in [0.717, 1.165) is 24.0 Å². The molecular weight excluding hydrogens is 554 g/mol. The standard InChI is InChI=1S/C31H41N5O7/c1-31(2,3)43-30(40)36-20-11-10-17-25(36)26(37)32-18-12-19-33-27(34-28(38)41-21-23-13-6-4-7-14-23)35-29(39)42-22-24-15-8-5-9-16-24/h4-9,13-16,25H,10-12,17-22H2,1-3H3,(H,32,37)(H2,33,34,35,38,39)/t25-/m0/s1. The Kier molecular flexibility index (Phi) is 12.8. The number of alkyl carbamates (subject to hydrolysis) is 2. The third-order valence-corrected chi connectivity index (χ3v) is 6.20. The number of aliphatic imine (C=N–C) groups is 1. The lowest BCUT2D eigenvalue weighted by molar-refractivity contribution is -0.127. The molecule has 0 spiro atoms. The summed E-state index contributed by atoms with van der Waals surface area (Å²) in [6.07, 6.45) is 0.480. The van der Waals surface area contributed by atoms with Crippen LogP contribution in [0.15, 0.2) is 65.7 Å². The Morgan fingerprint density at radius 3 is 1.95 bits per heavy atom. The highest BCUT2D eigenvalue weighted by atomic mass is 16.6. The van der Waals surface area contributed by atoms with Gasteiger partial charge in [0.1, 0.15) is 24.9 Å². The topological polar surface area (TPSA) is 148 Å². The fourth-order valence-electron chi connectivity index (χ4n) is 4.16. The van der Waals surface area contributed by atoms with Crippen LogP contribution in [0.3, 0.4) is 0 Å². The number of likely N-dealkylation sites (tertiary alicyclic amines) is 1. The molecule has 4 amide bonds. The Morgan fingerprint density at radius 1 is 0.860 bits per heavy atom. The summed E-state index contributed by atoms with van der Waals surface area (Å²) in [6, 6.07) is 17.7. The molecule has 0 aromatic heterocycles. The number of hydrogen-bond donors (Lipinski definition) is 3. The van der Waals surface area contributed by atoms with Crippen molar-refractivity contribution in [2.45, 2.75) is 71.3 Å². The van der Waals surface area contributed by atoms with Crippen LogP contribution in [0.25, 0.3) is 0 Å². The molecule has 1 fully saturated rings. The molecule has 2 aromatic rings. The number of ether oxygens (including phenoxy) is 3. The fourth-order valence-corrected chi connectivity index (χ4v) is 4.16. The van der Waals surface area contributed by atoms with Crippen molar-refractivity contribution in [3.8, 4) is 0 Å². The number of nitrogens with zero attached hydrogens (tertiary/aromatic N) is 2. The SMILES string of the molecule is CC(C)(C)OC(=O)N1CCCC[C@H]1C(=O)NCCCN=C(NC(=O)OCc1ccccc1)NC(=O)OCc1ccccc1. The minimum absolute atomic E-state index is 0.0336. The highest BCUT2D eigenvalue weighted by Crippen LogP contribution is 2.20. The van der Waals surface area contributed by atoms with Gasteiger partial charge in [-0.25, -0.2) is 14.4 Å². The van der Waals surface area contributed by atoms with Crippen LogP contribution >= 0.6 is 0 Å². The van der Waals surface area contributed by atoms with Crippen molar-refractivity contribution >= 4 is 30.1 Å². The third-order valence-electron chi connectivity index (χ3n) is 6.20. The summed E-state index contributed by atoms with van der Waals surface area (Å²) in [5.41, 5.74) is 0.936. The predicted molar refractivity (Wildman–Crippen MR) is 160 cm³/mol.